The van der Waals surface area contributed by atoms with Crippen molar-refractivity contribution in [2.75, 3.05) is 6.61 Å². The van der Waals surface area contributed by atoms with Gasteiger partial charge in [0.05, 0.1) is 13.0 Å². The van der Waals surface area contributed by atoms with Crippen molar-refractivity contribution in [1.82, 2.24) is 5.32 Å². The van der Waals surface area contributed by atoms with Gasteiger partial charge in [0, 0.05) is 12.6 Å². The van der Waals surface area contributed by atoms with Gasteiger partial charge in [0.15, 0.2) is 0 Å². The Morgan fingerprint density at radius 2 is 1.83 bits per heavy atom. The summed E-state index contributed by atoms with van der Waals surface area (Å²) >= 11 is 0. The minimum Gasteiger partial charge on any atom is -0.466 e. The third-order valence-corrected chi connectivity index (χ3v) is 3.22. The van der Waals surface area contributed by atoms with Crippen LogP contribution in [0, 0.1) is 5.92 Å². The van der Waals surface area contributed by atoms with Crippen molar-refractivity contribution in [3.8, 4) is 5.75 Å². The molecule has 1 atom stereocenters. The molecule has 0 amide bonds. The molecule has 1 N–H and O–H groups in total. The lowest BCUT2D eigenvalue weighted by Gasteiger charge is -2.21. The highest BCUT2D eigenvalue weighted by molar-refractivity contribution is 5.70. The maximum Gasteiger partial charge on any atom is 0.573 e. The van der Waals surface area contributed by atoms with E-state index in [9.17, 15) is 18.0 Å². The van der Waals surface area contributed by atoms with Crippen LogP contribution < -0.4 is 10.1 Å². The van der Waals surface area contributed by atoms with Gasteiger partial charge in [-0.15, -0.1) is 13.2 Å². The fraction of sp³-hybridized carbons (Fsp3) is 0.562. The summed E-state index contributed by atoms with van der Waals surface area (Å²) in [5.41, 5.74) is 0.800. The van der Waals surface area contributed by atoms with Gasteiger partial charge in [-0.25, -0.2) is 0 Å². The molecule has 130 valence electrons. The van der Waals surface area contributed by atoms with Gasteiger partial charge in [-0.1, -0.05) is 26.0 Å². The fourth-order valence-electron chi connectivity index (χ4n) is 2.00. The number of benzene rings is 1. The lowest BCUT2D eigenvalue weighted by Crippen LogP contribution is -2.36. The van der Waals surface area contributed by atoms with Gasteiger partial charge in [-0.2, -0.15) is 0 Å². The van der Waals surface area contributed by atoms with E-state index in [1.54, 1.807) is 19.1 Å². The zero-order valence-electron chi connectivity index (χ0n) is 13.4. The van der Waals surface area contributed by atoms with E-state index in [0.717, 1.165) is 5.56 Å². The molecule has 0 saturated carbocycles. The van der Waals surface area contributed by atoms with Crippen LogP contribution in [0.15, 0.2) is 24.3 Å². The largest absolute Gasteiger partial charge is 0.573 e. The number of carbonyl (C=O) groups is 1. The van der Waals surface area contributed by atoms with Crippen LogP contribution in [0.2, 0.25) is 0 Å². The maximum atomic E-state index is 12.1. The topological polar surface area (TPSA) is 47.6 Å². The molecule has 0 aromatic heterocycles. The number of hydrogen-bond donors (Lipinski definition) is 1. The molecule has 1 unspecified atom stereocenters. The van der Waals surface area contributed by atoms with E-state index in [1.807, 2.05) is 13.8 Å². The Balaban J connectivity index is 2.55. The van der Waals surface area contributed by atoms with Crippen LogP contribution in [0.3, 0.4) is 0 Å². The highest BCUT2D eigenvalue weighted by Crippen LogP contribution is 2.22. The van der Waals surface area contributed by atoms with Crippen molar-refractivity contribution in [3.63, 3.8) is 0 Å². The first-order valence-corrected chi connectivity index (χ1v) is 7.45. The van der Waals surface area contributed by atoms with Gasteiger partial charge >= 0.3 is 12.3 Å². The second-order valence-electron chi connectivity index (χ2n) is 5.43. The second kappa shape index (κ2) is 8.76. The van der Waals surface area contributed by atoms with E-state index in [1.165, 1.54) is 12.1 Å². The van der Waals surface area contributed by atoms with Crippen molar-refractivity contribution in [2.24, 2.45) is 5.92 Å². The molecule has 0 heterocycles. The SMILES string of the molecule is CCOC(=O)CC(NCc1ccc(OC(F)(F)F)cc1)C(C)C. The molecular weight excluding hydrogens is 311 g/mol. The van der Waals surface area contributed by atoms with Crippen LogP contribution in [-0.4, -0.2) is 25.0 Å². The average molecular weight is 333 g/mol. The van der Waals surface area contributed by atoms with Gasteiger partial charge in [0.2, 0.25) is 0 Å². The Kier molecular flexibility index (Phi) is 7.35. The molecule has 1 aromatic carbocycles. The molecule has 0 aliphatic rings. The predicted molar refractivity (Wildman–Crippen MR) is 79.8 cm³/mol. The first-order valence-electron chi connectivity index (χ1n) is 7.45. The standard InChI is InChI=1S/C16H22F3NO3/c1-4-22-15(21)9-14(11(2)3)20-10-12-5-7-13(8-6-12)23-16(17,18)19/h5-8,11,14,20H,4,9-10H2,1-3H3. The number of carbonyl (C=O) groups excluding carboxylic acids is 1. The van der Waals surface area contributed by atoms with Gasteiger partial charge in [0.1, 0.15) is 5.75 Å². The highest BCUT2D eigenvalue weighted by atomic mass is 19.4. The summed E-state index contributed by atoms with van der Waals surface area (Å²) in [6, 6.07) is 5.56. The molecule has 0 saturated heterocycles. The smallest absolute Gasteiger partial charge is 0.466 e. The fourth-order valence-corrected chi connectivity index (χ4v) is 2.00. The third kappa shape index (κ3) is 7.88. The number of alkyl halides is 3. The van der Waals surface area contributed by atoms with E-state index in [2.05, 4.69) is 10.1 Å². The molecule has 1 rings (SSSR count). The van der Waals surface area contributed by atoms with Crippen molar-refractivity contribution in [2.45, 2.75) is 46.1 Å². The summed E-state index contributed by atoms with van der Waals surface area (Å²) in [7, 11) is 0. The minimum atomic E-state index is -4.69. The van der Waals surface area contributed by atoms with Crippen molar-refractivity contribution in [1.29, 1.82) is 0 Å². The van der Waals surface area contributed by atoms with E-state index >= 15 is 0 Å². The zero-order valence-corrected chi connectivity index (χ0v) is 13.4. The van der Waals surface area contributed by atoms with Crippen molar-refractivity contribution < 1.29 is 27.4 Å². The Morgan fingerprint density at radius 1 is 1.22 bits per heavy atom. The quantitative estimate of drug-likeness (QED) is 0.738. The summed E-state index contributed by atoms with van der Waals surface area (Å²) in [4.78, 5) is 11.6. The van der Waals surface area contributed by atoms with Gasteiger partial charge in [-0.3, -0.25) is 4.79 Å². The molecule has 1 aromatic rings. The normalized spacial score (nSPS) is 13.0. The number of rotatable bonds is 8. The van der Waals surface area contributed by atoms with Crippen LogP contribution >= 0.6 is 0 Å². The Morgan fingerprint density at radius 3 is 2.30 bits per heavy atom. The summed E-state index contributed by atoms with van der Waals surface area (Å²) < 4.78 is 45.0. The molecule has 0 radical (unpaired) electrons. The third-order valence-electron chi connectivity index (χ3n) is 3.22. The van der Waals surface area contributed by atoms with E-state index in [-0.39, 0.29) is 30.1 Å². The van der Waals surface area contributed by atoms with E-state index in [0.29, 0.717) is 13.2 Å². The molecule has 7 heteroatoms. The first-order chi connectivity index (χ1) is 10.7. The molecule has 0 spiro atoms. The molecular formula is C16H22F3NO3. The van der Waals surface area contributed by atoms with Crippen molar-refractivity contribution in [3.05, 3.63) is 29.8 Å². The highest BCUT2D eigenvalue weighted by Gasteiger charge is 2.30. The molecule has 0 aliphatic carbocycles. The summed E-state index contributed by atoms with van der Waals surface area (Å²) in [6.07, 6.45) is -4.44. The number of nitrogens with one attached hydrogen (secondary N) is 1. The van der Waals surface area contributed by atoms with Gasteiger partial charge in [0.25, 0.3) is 0 Å². The predicted octanol–water partition coefficient (Wildman–Crippen LogP) is 3.65. The van der Waals surface area contributed by atoms with Crippen LogP contribution in [0.4, 0.5) is 13.2 Å². The Bertz CT molecular complexity index is 486. The average Bonchev–Trinajstić information content (AvgIpc) is 2.43. The summed E-state index contributed by atoms with van der Waals surface area (Å²) in [5, 5.41) is 3.23. The molecule has 0 bridgehead atoms. The summed E-state index contributed by atoms with van der Waals surface area (Å²) in [6.45, 7) is 6.49. The molecule has 23 heavy (non-hydrogen) atoms. The Labute approximate surface area is 134 Å². The van der Waals surface area contributed by atoms with E-state index in [4.69, 9.17) is 4.74 Å². The van der Waals surface area contributed by atoms with Gasteiger partial charge < -0.3 is 14.8 Å². The van der Waals surface area contributed by atoms with Crippen molar-refractivity contribution >= 4 is 5.97 Å². The number of hydrogen-bond acceptors (Lipinski definition) is 4. The van der Waals surface area contributed by atoms with Crippen LogP contribution in [0.1, 0.15) is 32.8 Å². The number of halogens is 3. The first kappa shape index (κ1) is 19.3. The maximum absolute atomic E-state index is 12.1. The molecule has 4 nitrogen and oxygen atoms in total. The minimum absolute atomic E-state index is 0.0693. The number of ether oxygens (including phenoxy) is 2. The summed E-state index contributed by atoms with van der Waals surface area (Å²) in [5.74, 6) is -0.312. The van der Waals surface area contributed by atoms with E-state index < -0.39 is 6.36 Å². The van der Waals surface area contributed by atoms with Gasteiger partial charge in [-0.05, 0) is 30.5 Å². The monoisotopic (exact) mass is 333 g/mol. The number of esters is 1. The molecule has 0 aliphatic heterocycles. The Hall–Kier alpha value is -1.76. The lowest BCUT2D eigenvalue weighted by atomic mass is 10.0. The van der Waals surface area contributed by atoms with Crippen LogP contribution in [0.5, 0.6) is 5.75 Å². The lowest BCUT2D eigenvalue weighted by molar-refractivity contribution is -0.274. The van der Waals surface area contributed by atoms with Crippen LogP contribution in [0.25, 0.3) is 0 Å². The molecule has 0 fully saturated rings. The second-order valence-corrected chi connectivity index (χ2v) is 5.43. The zero-order chi connectivity index (χ0) is 17.5. The van der Waals surface area contributed by atoms with Crippen LogP contribution in [-0.2, 0) is 16.1 Å².